The molecular formula is C88H113F12N25O18S. The summed E-state index contributed by atoms with van der Waals surface area (Å²) in [6.07, 6.45) is 0.111. The van der Waals surface area contributed by atoms with Crippen LogP contribution in [0.2, 0.25) is 0 Å². The second-order valence-electron chi connectivity index (χ2n) is 35.4. The van der Waals surface area contributed by atoms with Gasteiger partial charge in [0.2, 0.25) is 63.0 Å². The van der Waals surface area contributed by atoms with E-state index in [1.807, 2.05) is 0 Å². The van der Waals surface area contributed by atoms with E-state index in [-0.39, 0.29) is 202 Å². The van der Waals surface area contributed by atoms with Crippen molar-refractivity contribution in [3.05, 3.63) is 185 Å². The first-order chi connectivity index (χ1) is 68.1. The average Bonchev–Trinajstić information content (AvgIpc) is 0.790. The van der Waals surface area contributed by atoms with Gasteiger partial charge in [-0.2, -0.15) is 19.9 Å². The number of benzene rings is 4. The molecule has 788 valence electrons. The quantitative estimate of drug-likeness (QED) is 0.00958. The molecule has 16 N–H and O–H groups in total. The number of ether oxygens (including phenoxy) is 4. The van der Waals surface area contributed by atoms with Gasteiger partial charge in [-0.25, -0.2) is 33.1 Å². The van der Waals surface area contributed by atoms with Crippen LogP contribution in [0.4, 0.5) is 122 Å². The van der Waals surface area contributed by atoms with Gasteiger partial charge >= 0.3 is 48.2 Å². The zero-order valence-corrected chi connectivity index (χ0v) is 78.9. The lowest BCUT2D eigenvalue weighted by Crippen LogP contribution is -2.59. The fraction of sp³-hybridized carbons (Fsp3) is 0.534. The summed E-state index contributed by atoms with van der Waals surface area (Å²) >= 11 is 0. The van der Waals surface area contributed by atoms with Crippen molar-refractivity contribution in [2.24, 2.45) is 29.4 Å². The molecule has 0 bridgehead atoms. The molecule has 4 saturated carbocycles. The molecule has 0 radical (unpaired) electrons. The van der Waals surface area contributed by atoms with Gasteiger partial charge in [-0.15, -0.1) is 52.7 Å². The van der Waals surface area contributed by atoms with Crippen LogP contribution in [-0.4, -0.2) is 220 Å². The average molecular weight is 2070 g/mol. The highest BCUT2D eigenvalue weighted by Gasteiger charge is 2.41. The minimum atomic E-state index is -4.85. The highest BCUT2D eigenvalue weighted by atomic mass is 32.2. The summed E-state index contributed by atoms with van der Waals surface area (Å²) in [7, 11) is -3.28. The third-order valence-electron chi connectivity index (χ3n) is 24.0. The molecule has 5 aliphatic rings. The molecule has 56 heteroatoms. The lowest BCUT2D eigenvalue weighted by atomic mass is 9.83. The Labute approximate surface area is 817 Å². The summed E-state index contributed by atoms with van der Waals surface area (Å²) in [5.41, 5.74) is 4.28. The van der Waals surface area contributed by atoms with Gasteiger partial charge in [-0.1, -0.05) is 72.8 Å². The number of anilines is 8. The molecule has 144 heavy (non-hydrogen) atoms. The summed E-state index contributed by atoms with van der Waals surface area (Å²) < 4.78 is 193. The van der Waals surface area contributed by atoms with E-state index < -0.39 is 60.8 Å². The number of amides is 1. The number of para-hydroxylation sites is 4. The van der Waals surface area contributed by atoms with Crippen molar-refractivity contribution < 1.29 is 120 Å². The SMILES string of the molecule is CC(C)(O)CNC1CCC(CNc2nc(NCc3ccccc3OC(F)(F)F)ncc2[N+](=O)[O-])CC1.CS(=O)(=O)NC1CCC(CNc2nc(NCc3ccccc3OC(F)(F)F)ncc2[N+](=O)[O-])CC1.NC(=O)C1CCN1C1CCC(CNc2nc(NCc3ccccc3OC(F)(F)F)ncc2[N+](=O)[O-])CC1.O=[N+]([O-])c1cnc(NCc2ccccc2OC(F)(F)F)nc1NCC1CCC(NC(CO)CO)CC1. The Balaban J connectivity index is 0.000000197. The number of alkyl halides is 12. The number of nitrogens with zero attached hydrogens (tertiary/aromatic N) is 13. The Morgan fingerprint density at radius 1 is 0.431 bits per heavy atom. The minimum Gasteiger partial charge on any atom is -0.405 e. The van der Waals surface area contributed by atoms with E-state index in [0.29, 0.717) is 63.6 Å². The van der Waals surface area contributed by atoms with E-state index in [4.69, 9.17) is 5.73 Å². The molecule has 1 saturated heterocycles. The second kappa shape index (κ2) is 52.3. The lowest BCUT2D eigenvalue weighted by molar-refractivity contribution is -0.384. The van der Waals surface area contributed by atoms with Crippen molar-refractivity contribution in [2.45, 2.75) is 216 Å². The molecular weight excluding hydrogens is 1960 g/mol. The molecule has 1 atom stereocenters. The van der Waals surface area contributed by atoms with Crippen LogP contribution in [0.1, 0.15) is 145 Å². The largest absolute Gasteiger partial charge is 0.573 e. The van der Waals surface area contributed by atoms with E-state index in [0.717, 1.165) is 134 Å². The molecule has 4 aromatic heterocycles. The molecule has 1 aliphatic heterocycles. The van der Waals surface area contributed by atoms with E-state index in [1.54, 1.807) is 38.1 Å². The Morgan fingerprint density at radius 2 is 0.701 bits per heavy atom. The molecule has 13 rings (SSSR count). The monoisotopic (exact) mass is 2070 g/mol. The van der Waals surface area contributed by atoms with Crippen LogP contribution < -0.4 is 82.6 Å². The first-order valence-electron chi connectivity index (χ1n) is 45.8. The van der Waals surface area contributed by atoms with E-state index in [1.165, 1.54) is 72.8 Å². The molecule has 43 nitrogen and oxygen atoms in total. The predicted octanol–water partition coefficient (Wildman–Crippen LogP) is 13.9. The number of rotatable bonds is 43. The number of nitrogens with two attached hydrogens (primary N) is 1. The van der Waals surface area contributed by atoms with Crippen molar-refractivity contribution >= 4 is 85.7 Å². The maximum atomic E-state index is 12.7. The van der Waals surface area contributed by atoms with Crippen molar-refractivity contribution in [3.63, 3.8) is 0 Å². The van der Waals surface area contributed by atoms with Gasteiger partial charge in [0.25, 0.3) is 0 Å². The highest BCUT2D eigenvalue weighted by molar-refractivity contribution is 7.88. The highest BCUT2D eigenvalue weighted by Crippen LogP contribution is 2.39. The van der Waals surface area contributed by atoms with Crippen LogP contribution >= 0.6 is 0 Å². The van der Waals surface area contributed by atoms with Gasteiger partial charge in [-0.05, 0) is 171 Å². The number of nitro groups is 4. The third-order valence-corrected chi connectivity index (χ3v) is 24.7. The number of likely N-dealkylation sites (tertiary alicyclic amines) is 1. The van der Waals surface area contributed by atoms with Gasteiger partial charge < -0.3 is 93.2 Å². The van der Waals surface area contributed by atoms with E-state index in [2.05, 4.69) is 122 Å². The molecule has 5 fully saturated rings. The number of carbonyl (C=O) groups is 1. The number of carbonyl (C=O) groups excluding carboxylic acids is 1. The third kappa shape index (κ3) is 38.1. The summed E-state index contributed by atoms with van der Waals surface area (Å²) in [6.45, 7) is 5.99. The van der Waals surface area contributed by atoms with Crippen LogP contribution in [0.5, 0.6) is 23.0 Å². The fourth-order valence-electron chi connectivity index (χ4n) is 16.7. The normalized spacial score (nSPS) is 19.4. The minimum absolute atomic E-state index is 0.0110. The van der Waals surface area contributed by atoms with Crippen molar-refractivity contribution in [3.8, 4) is 23.0 Å². The number of halogens is 12. The number of hydrogen-bond acceptors (Lipinski definition) is 37. The number of aromatic nitrogens is 8. The van der Waals surface area contributed by atoms with Crippen molar-refractivity contribution in [1.82, 2.24) is 60.1 Å². The number of nitrogens with one attached hydrogen (secondary N) is 11. The van der Waals surface area contributed by atoms with E-state index >= 15 is 0 Å². The smallest absolute Gasteiger partial charge is 0.405 e. The van der Waals surface area contributed by atoms with Gasteiger partial charge in [0.15, 0.2) is 0 Å². The topological polar surface area (TPSA) is 586 Å². The van der Waals surface area contributed by atoms with Gasteiger partial charge in [0.1, 0.15) is 47.8 Å². The maximum absolute atomic E-state index is 12.7. The van der Waals surface area contributed by atoms with Crippen LogP contribution in [0.3, 0.4) is 0 Å². The summed E-state index contributed by atoms with van der Waals surface area (Å²) in [5, 5.41) is 104. The Kier molecular flexibility index (Phi) is 40.9. The molecule has 5 heterocycles. The Bertz CT molecular complexity index is 5640. The van der Waals surface area contributed by atoms with E-state index in [9.17, 15) is 122 Å². The molecule has 4 aromatic carbocycles. The molecule has 1 unspecified atom stereocenters. The number of aliphatic hydroxyl groups is 3. The van der Waals surface area contributed by atoms with Crippen LogP contribution in [-0.2, 0) is 41.0 Å². The van der Waals surface area contributed by atoms with Crippen LogP contribution in [0.15, 0.2) is 122 Å². The summed E-state index contributed by atoms with van der Waals surface area (Å²) in [4.78, 5) is 89.4. The van der Waals surface area contributed by atoms with Crippen molar-refractivity contribution in [1.29, 1.82) is 0 Å². The number of hydrogen-bond donors (Lipinski definition) is 15. The number of sulfonamides is 1. The number of aliphatic hydroxyl groups excluding tert-OH is 2. The fourth-order valence-corrected chi connectivity index (χ4v) is 17.5. The lowest BCUT2D eigenvalue weighted by Gasteiger charge is -2.46. The molecule has 1 amide bonds. The summed E-state index contributed by atoms with van der Waals surface area (Å²) in [5.74, 6) is -0.688. The first kappa shape index (κ1) is 113. The molecule has 8 aromatic rings. The Morgan fingerprint density at radius 3 is 0.944 bits per heavy atom. The molecule has 0 spiro atoms. The summed E-state index contributed by atoms with van der Waals surface area (Å²) in [6, 6.07) is 22.6. The zero-order chi connectivity index (χ0) is 105. The van der Waals surface area contributed by atoms with Crippen molar-refractivity contribution in [2.75, 3.05) is 101 Å². The van der Waals surface area contributed by atoms with Gasteiger partial charge in [0.05, 0.1) is 56.8 Å². The van der Waals surface area contributed by atoms with Crippen LogP contribution in [0, 0.1) is 64.1 Å². The molecule has 4 aliphatic carbocycles. The van der Waals surface area contributed by atoms with Gasteiger partial charge in [-0.3, -0.25) is 50.2 Å². The standard InChI is InChI=1S/C23H28F3N7O4.C23H31F3N6O4.C22H29F3N6O5.C20H25F3N6O5S/c24-23(25,26)37-19-4-2-1-3-15(19)12-29-22-30-13-18(33(35)36)21(31-22)28-11-14-5-7-16(8-6-14)32-10-9-17(32)20(27)34;1-22(2,33)14-30-17-9-7-15(8-10-17)11-27-20-18(32(34)35)13-29-21(31-20)28-12-16-5-3-4-6-19(16)36-23(24,25)26;23-22(24,25)36-19-4-2-1-3-15(19)10-27-21-28-11-18(31(34)35)20(30-21)26-9-14-5-7-16(8-6-14)29-17(12-32)13-33;1-35(32,33)28-15-8-6-13(7-9-15)10-24-18-16(29(30)31)12-26-19(27-18)25-11-14-4-2-3-5-17(14)34-20(21,22)23/h1-4,13-14,16-17H,5-12H2,(H2,27,34)(H2,28,29,30,31);3-6,13,15,17,30,33H,7-12,14H2,1-2H3,(H2,27,28,29,31);1-4,11,14,16-17,29,32-33H,5-10,12-13H2,(H2,26,27,28,30);2-5,12-13,15,28H,6-11H2,1H3,(H2,24,25,26,27). The second-order valence-corrected chi connectivity index (χ2v) is 37.2. The Hall–Kier alpha value is -13.3. The number of primary amides is 1. The van der Waals surface area contributed by atoms with Gasteiger partial charge in [0, 0.05) is 112 Å². The maximum Gasteiger partial charge on any atom is 0.573 e. The first-order valence-corrected chi connectivity index (χ1v) is 47.7. The zero-order valence-electron chi connectivity index (χ0n) is 78.1. The van der Waals surface area contributed by atoms with Crippen LogP contribution in [0.25, 0.3) is 0 Å². The predicted molar refractivity (Wildman–Crippen MR) is 501 cm³/mol.